The summed E-state index contributed by atoms with van der Waals surface area (Å²) in [5.41, 5.74) is 3.05. The maximum absolute atomic E-state index is 12.5. The lowest BCUT2D eigenvalue weighted by Gasteiger charge is -2.32. The van der Waals surface area contributed by atoms with Gasteiger partial charge in [-0.2, -0.15) is 5.26 Å². The maximum atomic E-state index is 12.5. The van der Waals surface area contributed by atoms with Crippen molar-refractivity contribution in [2.45, 2.75) is 33.1 Å². The number of anilines is 1. The quantitative estimate of drug-likeness (QED) is 0.793. The number of Topliss-reactive ketones (excluding diaryl/α,β-unsaturated/α-hetero) is 1. The number of carbonyl (C=O) groups excluding carboxylic acids is 2. The molecule has 1 aromatic rings. The van der Waals surface area contributed by atoms with E-state index in [9.17, 15) is 9.59 Å². The van der Waals surface area contributed by atoms with Crippen molar-refractivity contribution in [2.75, 3.05) is 11.4 Å². The fourth-order valence-corrected chi connectivity index (χ4v) is 2.72. The van der Waals surface area contributed by atoms with E-state index in [0.717, 1.165) is 23.2 Å². The van der Waals surface area contributed by atoms with E-state index in [1.165, 1.54) is 0 Å². The van der Waals surface area contributed by atoms with Crippen LogP contribution in [-0.2, 0) is 9.59 Å². The topological polar surface area (TPSA) is 61.2 Å². The van der Waals surface area contributed by atoms with Crippen LogP contribution in [0.15, 0.2) is 18.2 Å². The summed E-state index contributed by atoms with van der Waals surface area (Å²) in [5.74, 6) is -1.07. The first-order valence-electron chi connectivity index (χ1n) is 6.83. The molecule has 0 unspecified atom stereocenters. The number of hydrogen-bond acceptors (Lipinski definition) is 3. The first-order valence-corrected chi connectivity index (χ1v) is 6.83. The smallest absolute Gasteiger partial charge is 0.237 e. The fourth-order valence-electron chi connectivity index (χ4n) is 2.72. The zero-order valence-corrected chi connectivity index (χ0v) is 11.8. The molecule has 2 rings (SSSR count). The molecule has 0 spiro atoms. The Morgan fingerprint density at radius 3 is 2.85 bits per heavy atom. The summed E-state index contributed by atoms with van der Waals surface area (Å²) in [6.07, 6.45) is 1.17. The van der Waals surface area contributed by atoms with Crippen molar-refractivity contribution in [3.8, 4) is 6.07 Å². The first kappa shape index (κ1) is 14.3. The lowest BCUT2D eigenvalue weighted by Crippen LogP contribution is -2.44. The summed E-state index contributed by atoms with van der Waals surface area (Å²) >= 11 is 0. The van der Waals surface area contributed by atoms with E-state index < -0.39 is 5.92 Å². The second-order valence-corrected chi connectivity index (χ2v) is 5.28. The molecule has 20 heavy (non-hydrogen) atoms. The minimum atomic E-state index is -0.649. The Morgan fingerprint density at radius 2 is 2.20 bits per heavy atom. The van der Waals surface area contributed by atoms with Gasteiger partial charge < -0.3 is 4.90 Å². The van der Waals surface area contributed by atoms with E-state index in [0.29, 0.717) is 13.0 Å². The van der Waals surface area contributed by atoms with E-state index in [1.807, 2.05) is 38.1 Å². The third-order valence-corrected chi connectivity index (χ3v) is 3.72. The van der Waals surface area contributed by atoms with Gasteiger partial charge in [0.05, 0.1) is 18.4 Å². The highest BCUT2D eigenvalue weighted by Crippen LogP contribution is 2.28. The van der Waals surface area contributed by atoms with Gasteiger partial charge in [0.15, 0.2) is 5.78 Å². The Labute approximate surface area is 119 Å². The van der Waals surface area contributed by atoms with Crippen LogP contribution in [0.5, 0.6) is 0 Å². The predicted octanol–water partition coefficient (Wildman–Crippen LogP) is 2.53. The van der Waals surface area contributed by atoms with Crippen molar-refractivity contribution in [2.24, 2.45) is 5.92 Å². The highest BCUT2D eigenvalue weighted by atomic mass is 16.2. The van der Waals surface area contributed by atoms with Crippen LogP contribution in [0.4, 0.5) is 5.69 Å². The van der Waals surface area contributed by atoms with Gasteiger partial charge in [-0.05, 0) is 38.3 Å². The average Bonchev–Trinajstić information content (AvgIpc) is 2.40. The van der Waals surface area contributed by atoms with Gasteiger partial charge in [0, 0.05) is 12.2 Å². The zero-order chi connectivity index (χ0) is 14.7. The molecular formula is C16H18N2O2. The highest BCUT2D eigenvalue weighted by molar-refractivity contribution is 6.09. The third-order valence-electron chi connectivity index (χ3n) is 3.72. The van der Waals surface area contributed by atoms with Crippen molar-refractivity contribution >= 4 is 17.4 Å². The Morgan fingerprint density at radius 1 is 1.45 bits per heavy atom. The van der Waals surface area contributed by atoms with Crippen molar-refractivity contribution in [3.05, 3.63) is 29.3 Å². The van der Waals surface area contributed by atoms with E-state index in [1.54, 1.807) is 4.90 Å². The largest absolute Gasteiger partial charge is 0.312 e. The van der Waals surface area contributed by atoms with E-state index >= 15 is 0 Å². The number of carbonyl (C=O) groups is 2. The number of nitriles is 1. The number of piperidine rings is 1. The number of hydrogen-bond donors (Lipinski definition) is 0. The van der Waals surface area contributed by atoms with Crippen LogP contribution in [0.2, 0.25) is 0 Å². The number of aryl methyl sites for hydroxylation is 2. The number of benzene rings is 1. The summed E-state index contributed by atoms with van der Waals surface area (Å²) in [7, 11) is 0. The molecule has 0 aromatic heterocycles. The van der Waals surface area contributed by atoms with Crippen LogP contribution in [0.25, 0.3) is 0 Å². The molecule has 104 valence electrons. The number of ketones is 1. The molecule has 0 saturated carbocycles. The molecule has 0 N–H and O–H groups in total. The molecule has 1 aromatic carbocycles. The molecule has 4 nitrogen and oxygen atoms in total. The Hall–Kier alpha value is -2.15. The molecule has 4 heteroatoms. The van der Waals surface area contributed by atoms with Gasteiger partial charge in [-0.3, -0.25) is 9.59 Å². The van der Waals surface area contributed by atoms with Crippen molar-refractivity contribution in [3.63, 3.8) is 0 Å². The van der Waals surface area contributed by atoms with Crippen LogP contribution in [0.3, 0.4) is 0 Å². The fraction of sp³-hybridized carbons (Fsp3) is 0.438. The van der Waals surface area contributed by atoms with Crippen molar-refractivity contribution in [1.82, 2.24) is 0 Å². The standard InChI is InChI=1S/C16H18N2O2/c1-11-5-6-14(12(2)10-11)18-9-3-4-13(16(18)20)15(19)7-8-17/h5-6,10,13H,3-4,7,9H2,1-2H3/t13-/m0/s1. The molecule has 1 saturated heterocycles. The van der Waals surface area contributed by atoms with Crippen LogP contribution in [0, 0.1) is 31.1 Å². The predicted molar refractivity (Wildman–Crippen MR) is 76.2 cm³/mol. The Bertz CT molecular complexity index is 587. The first-order chi connectivity index (χ1) is 9.54. The zero-order valence-electron chi connectivity index (χ0n) is 11.8. The van der Waals surface area contributed by atoms with Crippen LogP contribution < -0.4 is 4.90 Å². The van der Waals surface area contributed by atoms with Gasteiger partial charge in [-0.15, -0.1) is 0 Å². The van der Waals surface area contributed by atoms with Gasteiger partial charge in [-0.1, -0.05) is 17.7 Å². The minimum Gasteiger partial charge on any atom is -0.312 e. The highest BCUT2D eigenvalue weighted by Gasteiger charge is 2.34. The van der Waals surface area contributed by atoms with E-state index in [2.05, 4.69) is 0 Å². The van der Waals surface area contributed by atoms with E-state index in [4.69, 9.17) is 5.26 Å². The average molecular weight is 270 g/mol. The molecule has 0 bridgehead atoms. The molecular weight excluding hydrogens is 252 g/mol. The summed E-state index contributed by atoms with van der Waals surface area (Å²) in [6, 6.07) is 7.77. The van der Waals surface area contributed by atoms with Gasteiger partial charge in [0.2, 0.25) is 5.91 Å². The van der Waals surface area contributed by atoms with Crippen LogP contribution in [-0.4, -0.2) is 18.2 Å². The molecule has 1 atom stereocenters. The molecule has 0 aliphatic carbocycles. The molecule has 1 heterocycles. The minimum absolute atomic E-state index is 0.163. The molecule has 1 aliphatic heterocycles. The normalized spacial score (nSPS) is 18.8. The molecule has 1 amide bonds. The maximum Gasteiger partial charge on any atom is 0.237 e. The molecule has 0 radical (unpaired) electrons. The summed E-state index contributed by atoms with van der Waals surface area (Å²) in [5, 5.41) is 8.62. The molecule has 1 aliphatic rings. The third kappa shape index (κ3) is 2.72. The monoisotopic (exact) mass is 270 g/mol. The van der Waals surface area contributed by atoms with Gasteiger partial charge in [-0.25, -0.2) is 0 Å². The van der Waals surface area contributed by atoms with Gasteiger partial charge >= 0.3 is 0 Å². The SMILES string of the molecule is Cc1ccc(N2CCC[C@@H](C(=O)CC#N)C2=O)c(C)c1. The lowest BCUT2D eigenvalue weighted by atomic mass is 9.90. The van der Waals surface area contributed by atoms with Crippen molar-refractivity contribution < 1.29 is 9.59 Å². The summed E-state index contributed by atoms with van der Waals surface area (Å²) < 4.78 is 0. The second-order valence-electron chi connectivity index (χ2n) is 5.28. The number of rotatable bonds is 3. The number of nitrogens with zero attached hydrogens (tertiary/aromatic N) is 2. The summed E-state index contributed by atoms with van der Waals surface area (Å²) in [6.45, 7) is 4.61. The lowest BCUT2D eigenvalue weighted by molar-refractivity contribution is -0.133. The van der Waals surface area contributed by atoms with Crippen LogP contribution >= 0.6 is 0 Å². The Balaban J connectivity index is 2.26. The van der Waals surface area contributed by atoms with Crippen molar-refractivity contribution in [1.29, 1.82) is 5.26 Å². The summed E-state index contributed by atoms with van der Waals surface area (Å²) in [4.78, 5) is 26.0. The van der Waals surface area contributed by atoms with Gasteiger partial charge in [0.1, 0.15) is 0 Å². The number of amides is 1. The van der Waals surface area contributed by atoms with Gasteiger partial charge in [0.25, 0.3) is 0 Å². The van der Waals surface area contributed by atoms with E-state index in [-0.39, 0.29) is 18.1 Å². The Kier molecular flexibility index (Phi) is 4.19. The van der Waals surface area contributed by atoms with Crippen LogP contribution in [0.1, 0.15) is 30.4 Å². The second kappa shape index (κ2) is 5.87. The molecule has 1 fully saturated rings.